The number of para-hydroxylation sites is 1. The summed E-state index contributed by atoms with van der Waals surface area (Å²) in [6, 6.07) is 12.0. The first kappa shape index (κ1) is 20.8. The number of piperidine rings is 1. The molecule has 0 N–H and O–H groups in total. The highest BCUT2D eigenvalue weighted by atomic mass is 16.6. The van der Waals surface area contributed by atoms with E-state index >= 15 is 0 Å². The van der Waals surface area contributed by atoms with Crippen molar-refractivity contribution < 1.29 is 19.2 Å². The zero-order valence-corrected chi connectivity index (χ0v) is 17.5. The van der Waals surface area contributed by atoms with E-state index < -0.39 is 17.5 Å². The number of fused-ring (bicyclic) bond motifs is 1. The van der Waals surface area contributed by atoms with Gasteiger partial charge >= 0.3 is 5.97 Å². The summed E-state index contributed by atoms with van der Waals surface area (Å²) >= 11 is 0. The molecule has 31 heavy (non-hydrogen) atoms. The minimum Gasteiger partial charge on any atom is -0.452 e. The van der Waals surface area contributed by atoms with E-state index in [4.69, 9.17) is 4.74 Å². The van der Waals surface area contributed by atoms with Crippen LogP contribution in [0.15, 0.2) is 42.5 Å². The molecule has 162 valence electrons. The van der Waals surface area contributed by atoms with Crippen LogP contribution in [-0.4, -0.2) is 42.5 Å². The molecule has 0 spiro atoms. The van der Waals surface area contributed by atoms with Gasteiger partial charge in [-0.05, 0) is 56.4 Å². The van der Waals surface area contributed by atoms with Gasteiger partial charge in [0.1, 0.15) is 5.69 Å². The predicted molar refractivity (Wildman–Crippen MR) is 117 cm³/mol. The van der Waals surface area contributed by atoms with Crippen molar-refractivity contribution in [3.63, 3.8) is 0 Å². The van der Waals surface area contributed by atoms with Gasteiger partial charge in [0, 0.05) is 30.9 Å². The van der Waals surface area contributed by atoms with Crippen LogP contribution in [0.1, 0.15) is 42.1 Å². The molecule has 4 rings (SSSR count). The predicted octanol–water partition coefficient (Wildman–Crippen LogP) is 3.72. The number of nitrogens with zero attached hydrogens (tertiary/aromatic N) is 3. The lowest BCUT2D eigenvalue weighted by Crippen LogP contribution is -2.38. The van der Waals surface area contributed by atoms with E-state index in [0.717, 1.165) is 50.0 Å². The zero-order chi connectivity index (χ0) is 22.0. The molecule has 1 fully saturated rings. The first-order chi connectivity index (χ1) is 15.0. The number of hydrogen-bond donors (Lipinski definition) is 0. The average Bonchev–Trinajstić information content (AvgIpc) is 3.13. The summed E-state index contributed by atoms with van der Waals surface area (Å²) in [5.41, 5.74) is 2.37. The summed E-state index contributed by atoms with van der Waals surface area (Å²) < 4.78 is 5.22. The minimum atomic E-state index is -0.748. The fourth-order valence-corrected chi connectivity index (χ4v) is 4.42. The smallest absolute Gasteiger partial charge is 0.338 e. The van der Waals surface area contributed by atoms with E-state index in [9.17, 15) is 19.7 Å². The molecule has 2 aliphatic heterocycles. The number of nitro benzene ring substituents is 1. The van der Waals surface area contributed by atoms with Crippen molar-refractivity contribution in [1.82, 2.24) is 0 Å². The molecular formula is C23H25N3O5. The highest BCUT2D eigenvalue weighted by Crippen LogP contribution is 2.33. The highest BCUT2D eigenvalue weighted by molar-refractivity contribution is 5.99. The van der Waals surface area contributed by atoms with E-state index in [0.29, 0.717) is 5.69 Å². The van der Waals surface area contributed by atoms with E-state index in [1.165, 1.54) is 12.1 Å². The second kappa shape index (κ2) is 8.75. The van der Waals surface area contributed by atoms with Crippen LogP contribution in [0.2, 0.25) is 0 Å². The molecule has 0 unspecified atom stereocenters. The Balaban J connectivity index is 1.45. The molecule has 8 nitrogen and oxygen atoms in total. The normalized spacial score (nSPS) is 17.9. The third-order valence-electron chi connectivity index (χ3n) is 5.91. The van der Waals surface area contributed by atoms with Crippen LogP contribution in [0, 0.1) is 10.1 Å². The Bertz CT molecular complexity index is 1020. The van der Waals surface area contributed by atoms with Crippen LogP contribution >= 0.6 is 0 Å². The fourth-order valence-electron chi connectivity index (χ4n) is 4.42. The molecule has 0 aliphatic carbocycles. The van der Waals surface area contributed by atoms with Crippen LogP contribution < -0.4 is 9.80 Å². The number of hydrogen-bond acceptors (Lipinski definition) is 6. The number of benzene rings is 2. The van der Waals surface area contributed by atoms with Gasteiger partial charge in [-0.15, -0.1) is 0 Å². The van der Waals surface area contributed by atoms with Gasteiger partial charge in [0.2, 0.25) is 0 Å². The molecule has 0 radical (unpaired) electrons. The molecule has 2 aromatic carbocycles. The molecule has 0 saturated carbocycles. The molecule has 2 aromatic rings. The number of rotatable bonds is 5. The maximum Gasteiger partial charge on any atom is 0.338 e. The summed E-state index contributed by atoms with van der Waals surface area (Å²) in [6.45, 7) is 3.05. The number of esters is 1. The van der Waals surface area contributed by atoms with Crippen molar-refractivity contribution in [1.29, 1.82) is 0 Å². The van der Waals surface area contributed by atoms with Crippen LogP contribution in [0.3, 0.4) is 0 Å². The number of carbonyl (C=O) groups excluding carboxylic acids is 2. The topological polar surface area (TPSA) is 93.0 Å². The second-order valence-electron chi connectivity index (χ2n) is 8.03. The van der Waals surface area contributed by atoms with Crippen LogP contribution in [0.25, 0.3) is 0 Å². The van der Waals surface area contributed by atoms with E-state index in [-0.39, 0.29) is 23.2 Å². The maximum atomic E-state index is 12.7. The van der Waals surface area contributed by atoms with Gasteiger partial charge in [0.25, 0.3) is 11.6 Å². The molecule has 2 heterocycles. The molecule has 0 aromatic heterocycles. The Morgan fingerprint density at radius 2 is 1.84 bits per heavy atom. The Morgan fingerprint density at radius 3 is 2.58 bits per heavy atom. The van der Waals surface area contributed by atoms with Crippen molar-refractivity contribution in [3.8, 4) is 0 Å². The summed E-state index contributed by atoms with van der Waals surface area (Å²) in [5, 5.41) is 11.6. The molecule has 1 amide bonds. The summed E-state index contributed by atoms with van der Waals surface area (Å²) in [7, 11) is 0. The minimum absolute atomic E-state index is 0.0199. The molecule has 8 heteroatoms. The molecular weight excluding hydrogens is 398 g/mol. The number of ether oxygens (including phenoxy) is 1. The first-order valence-electron chi connectivity index (χ1n) is 10.6. The summed E-state index contributed by atoms with van der Waals surface area (Å²) in [4.78, 5) is 40.0. The van der Waals surface area contributed by atoms with E-state index in [1.807, 2.05) is 36.1 Å². The Morgan fingerprint density at radius 1 is 1.10 bits per heavy atom. The molecule has 1 atom stereocenters. The molecule has 0 bridgehead atoms. The number of carbonyl (C=O) groups is 2. The Hall–Kier alpha value is -3.42. The van der Waals surface area contributed by atoms with Gasteiger partial charge in [0.15, 0.2) is 6.61 Å². The standard InChI is InChI=1S/C23H25N3O5/c1-16-13-17-7-3-4-8-19(17)25(16)22(27)15-31-23(28)18-9-10-20(21(14-18)26(29)30)24-11-5-2-6-12-24/h3-4,7-10,14,16H,2,5-6,11-13,15H2,1H3/t16-/m1/s1. The summed E-state index contributed by atoms with van der Waals surface area (Å²) in [6.07, 6.45) is 3.84. The first-order valence-corrected chi connectivity index (χ1v) is 10.6. The van der Waals surface area contributed by atoms with Gasteiger partial charge in [-0.3, -0.25) is 14.9 Å². The van der Waals surface area contributed by atoms with Crippen molar-refractivity contribution >= 4 is 28.9 Å². The average molecular weight is 423 g/mol. The lowest BCUT2D eigenvalue weighted by atomic mass is 10.1. The van der Waals surface area contributed by atoms with Crippen molar-refractivity contribution in [3.05, 3.63) is 63.7 Å². The highest BCUT2D eigenvalue weighted by Gasteiger charge is 2.31. The van der Waals surface area contributed by atoms with Crippen molar-refractivity contribution in [2.45, 2.75) is 38.6 Å². The Kier molecular flexibility index (Phi) is 5.88. The largest absolute Gasteiger partial charge is 0.452 e. The number of nitro groups is 1. The third-order valence-corrected chi connectivity index (χ3v) is 5.91. The van der Waals surface area contributed by atoms with Crippen molar-refractivity contribution in [2.75, 3.05) is 29.5 Å². The van der Waals surface area contributed by atoms with Crippen LogP contribution in [-0.2, 0) is 16.0 Å². The van der Waals surface area contributed by atoms with Crippen LogP contribution in [0.5, 0.6) is 0 Å². The van der Waals surface area contributed by atoms with Crippen LogP contribution in [0.4, 0.5) is 17.1 Å². The summed E-state index contributed by atoms with van der Waals surface area (Å²) in [5.74, 6) is -1.06. The number of amides is 1. The molecule has 2 aliphatic rings. The second-order valence-corrected chi connectivity index (χ2v) is 8.03. The van der Waals surface area contributed by atoms with Gasteiger partial charge in [0.05, 0.1) is 10.5 Å². The Labute approximate surface area is 180 Å². The van der Waals surface area contributed by atoms with Gasteiger partial charge < -0.3 is 14.5 Å². The number of anilines is 2. The lowest BCUT2D eigenvalue weighted by molar-refractivity contribution is -0.384. The SMILES string of the molecule is C[C@@H]1Cc2ccccc2N1C(=O)COC(=O)c1ccc(N2CCCCC2)c([N+](=O)[O-])c1. The van der Waals surface area contributed by atoms with Gasteiger partial charge in [-0.2, -0.15) is 0 Å². The van der Waals surface area contributed by atoms with Gasteiger partial charge in [-0.25, -0.2) is 4.79 Å². The monoisotopic (exact) mass is 423 g/mol. The van der Waals surface area contributed by atoms with E-state index in [2.05, 4.69) is 0 Å². The quantitative estimate of drug-likeness (QED) is 0.413. The van der Waals surface area contributed by atoms with Gasteiger partial charge in [-0.1, -0.05) is 18.2 Å². The lowest BCUT2D eigenvalue weighted by Gasteiger charge is -2.28. The maximum absolute atomic E-state index is 12.7. The third kappa shape index (κ3) is 4.23. The molecule has 1 saturated heterocycles. The zero-order valence-electron chi connectivity index (χ0n) is 17.5. The van der Waals surface area contributed by atoms with E-state index in [1.54, 1.807) is 11.0 Å². The van der Waals surface area contributed by atoms with Crippen molar-refractivity contribution in [2.24, 2.45) is 0 Å². The fraction of sp³-hybridized carbons (Fsp3) is 0.391.